The van der Waals surface area contributed by atoms with Crippen LogP contribution in [-0.4, -0.2) is 37.4 Å². The van der Waals surface area contributed by atoms with Gasteiger partial charge in [-0.25, -0.2) is 0 Å². The number of nitrogens with zero attached hydrogens (tertiary/aromatic N) is 1. The van der Waals surface area contributed by atoms with Gasteiger partial charge in [0.25, 0.3) is 0 Å². The molecule has 0 aromatic heterocycles. The highest BCUT2D eigenvalue weighted by atomic mass is 32.1. The Morgan fingerprint density at radius 3 is 2.54 bits per heavy atom. The Balaban J connectivity index is 1.61. The molecule has 0 unspecified atom stereocenters. The molecule has 0 amide bonds. The maximum absolute atomic E-state index is 5.62. The summed E-state index contributed by atoms with van der Waals surface area (Å²) in [5.74, 6) is 2.41. The van der Waals surface area contributed by atoms with Crippen molar-refractivity contribution in [3.8, 4) is 17.2 Å². The Labute approximate surface area is 147 Å². The third-order valence-corrected chi connectivity index (χ3v) is 4.13. The van der Waals surface area contributed by atoms with Crippen LogP contribution >= 0.6 is 12.2 Å². The molecule has 0 aliphatic carbocycles. The van der Waals surface area contributed by atoms with Gasteiger partial charge in [-0.1, -0.05) is 6.07 Å². The largest absolute Gasteiger partial charge is 0.497 e. The minimum absolute atomic E-state index is 0.587. The molecule has 0 fully saturated rings. The van der Waals surface area contributed by atoms with Crippen LogP contribution < -0.4 is 19.5 Å². The fourth-order valence-electron chi connectivity index (χ4n) is 2.43. The molecule has 126 valence electrons. The van der Waals surface area contributed by atoms with Crippen LogP contribution in [0.2, 0.25) is 0 Å². The summed E-state index contributed by atoms with van der Waals surface area (Å²) in [4.78, 5) is 1.98. The van der Waals surface area contributed by atoms with E-state index in [-0.39, 0.29) is 0 Å². The second-order valence-electron chi connectivity index (χ2n) is 5.49. The molecule has 5 nitrogen and oxygen atoms in total. The minimum Gasteiger partial charge on any atom is -0.497 e. The van der Waals surface area contributed by atoms with Crippen molar-refractivity contribution < 1.29 is 14.2 Å². The molecular formula is C18H20N2O3S. The van der Waals surface area contributed by atoms with E-state index in [0.717, 1.165) is 28.5 Å². The highest BCUT2D eigenvalue weighted by Crippen LogP contribution is 2.31. The molecule has 1 N–H and O–H groups in total. The zero-order valence-electron chi connectivity index (χ0n) is 13.7. The van der Waals surface area contributed by atoms with Crippen molar-refractivity contribution in [1.82, 2.24) is 4.90 Å². The molecule has 1 heterocycles. The number of thiocarbonyl (C=S) groups is 1. The second-order valence-corrected chi connectivity index (χ2v) is 5.88. The van der Waals surface area contributed by atoms with Gasteiger partial charge in [0.2, 0.25) is 0 Å². The van der Waals surface area contributed by atoms with Crippen molar-refractivity contribution in [3.05, 3.63) is 48.0 Å². The Hall–Kier alpha value is -2.47. The monoisotopic (exact) mass is 344 g/mol. The van der Waals surface area contributed by atoms with Crippen LogP contribution in [0.15, 0.2) is 42.5 Å². The van der Waals surface area contributed by atoms with Gasteiger partial charge in [-0.2, -0.15) is 0 Å². The van der Waals surface area contributed by atoms with Gasteiger partial charge in [0.05, 0.1) is 7.11 Å². The van der Waals surface area contributed by atoms with Gasteiger partial charge in [-0.05, 0) is 54.2 Å². The predicted octanol–water partition coefficient (Wildman–Crippen LogP) is 3.30. The SMILES string of the molecule is COc1ccc(NC(=S)N(C)Cc2ccc3c(c2)OCCO3)cc1. The maximum Gasteiger partial charge on any atom is 0.173 e. The fraction of sp³-hybridized carbons (Fsp3) is 0.278. The molecular weight excluding hydrogens is 324 g/mol. The molecule has 3 rings (SSSR count). The topological polar surface area (TPSA) is 43.0 Å². The third kappa shape index (κ3) is 3.89. The van der Waals surface area contributed by atoms with Crippen LogP contribution in [-0.2, 0) is 6.54 Å². The van der Waals surface area contributed by atoms with E-state index in [4.69, 9.17) is 26.4 Å². The van der Waals surface area contributed by atoms with Crippen molar-refractivity contribution in [1.29, 1.82) is 0 Å². The van der Waals surface area contributed by atoms with Crippen LogP contribution in [0, 0.1) is 0 Å². The number of hydrogen-bond donors (Lipinski definition) is 1. The lowest BCUT2D eigenvalue weighted by Crippen LogP contribution is -2.30. The normalized spacial score (nSPS) is 12.4. The molecule has 0 bridgehead atoms. The van der Waals surface area contributed by atoms with E-state index < -0.39 is 0 Å². The first-order valence-electron chi connectivity index (χ1n) is 7.70. The van der Waals surface area contributed by atoms with Crippen molar-refractivity contribution in [2.45, 2.75) is 6.54 Å². The number of methoxy groups -OCH3 is 1. The van der Waals surface area contributed by atoms with Gasteiger partial charge < -0.3 is 24.4 Å². The maximum atomic E-state index is 5.62. The molecule has 2 aromatic rings. The first-order chi connectivity index (χ1) is 11.7. The summed E-state index contributed by atoms with van der Waals surface area (Å²) in [5.41, 5.74) is 2.04. The first-order valence-corrected chi connectivity index (χ1v) is 8.11. The summed E-state index contributed by atoms with van der Waals surface area (Å²) in [6, 6.07) is 13.6. The molecule has 6 heteroatoms. The highest BCUT2D eigenvalue weighted by Gasteiger charge is 2.13. The van der Waals surface area contributed by atoms with E-state index in [1.807, 2.05) is 54.4 Å². The van der Waals surface area contributed by atoms with Crippen LogP contribution in [0.1, 0.15) is 5.56 Å². The number of rotatable bonds is 4. The molecule has 1 aliphatic heterocycles. The first kappa shape index (κ1) is 16.4. The zero-order chi connectivity index (χ0) is 16.9. The Morgan fingerprint density at radius 2 is 1.83 bits per heavy atom. The van der Waals surface area contributed by atoms with Crippen LogP contribution in [0.3, 0.4) is 0 Å². The number of ether oxygens (including phenoxy) is 3. The van der Waals surface area contributed by atoms with Crippen LogP contribution in [0.4, 0.5) is 5.69 Å². The van der Waals surface area contributed by atoms with Crippen molar-refractivity contribution in [2.24, 2.45) is 0 Å². The molecule has 0 saturated heterocycles. The standard InChI is InChI=1S/C18H20N2O3S/c1-20(18(24)19-14-4-6-15(21-2)7-5-14)12-13-3-8-16-17(11-13)23-10-9-22-16/h3-8,11H,9-10,12H2,1-2H3,(H,19,24). The number of fused-ring (bicyclic) bond motifs is 1. The summed E-state index contributed by atoms with van der Waals surface area (Å²) in [6.45, 7) is 1.87. The quantitative estimate of drug-likeness (QED) is 0.859. The van der Waals surface area contributed by atoms with Gasteiger partial charge in [-0.3, -0.25) is 0 Å². The van der Waals surface area contributed by atoms with Gasteiger partial charge in [-0.15, -0.1) is 0 Å². The minimum atomic E-state index is 0.587. The smallest absolute Gasteiger partial charge is 0.173 e. The number of hydrogen-bond acceptors (Lipinski definition) is 4. The summed E-state index contributed by atoms with van der Waals surface area (Å²) in [7, 11) is 3.60. The molecule has 1 aliphatic rings. The molecule has 2 aromatic carbocycles. The van der Waals surface area contributed by atoms with Crippen molar-refractivity contribution >= 4 is 23.0 Å². The van der Waals surface area contributed by atoms with Gasteiger partial charge in [0.1, 0.15) is 19.0 Å². The Morgan fingerprint density at radius 1 is 1.12 bits per heavy atom. The third-order valence-electron chi connectivity index (χ3n) is 3.71. The summed E-state index contributed by atoms with van der Waals surface area (Å²) < 4.78 is 16.3. The number of anilines is 1. The average Bonchev–Trinajstić information content (AvgIpc) is 2.62. The van der Waals surface area contributed by atoms with E-state index in [0.29, 0.717) is 24.9 Å². The lowest BCUT2D eigenvalue weighted by Gasteiger charge is -2.23. The van der Waals surface area contributed by atoms with E-state index in [1.165, 1.54) is 0 Å². The summed E-state index contributed by atoms with van der Waals surface area (Å²) in [6.07, 6.45) is 0. The fourth-order valence-corrected chi connectivity index (χ4v) is 2.61. The second kappa shape index (κ2) is 7.40. The Kier molecular flexibility index (Phi) is 5.05. The molecule has 0 atom stereocenters. The molecule has 24 heavy (non-hydrogen) atoms. The molecule has 0 spiro atoms. The van der Waals surface area contributed by atoms with Crippen molar-refractivity contribution in [3.63, 3.8) is 0 Å². The lowest BCUT2D eigenvalue weighted by atomic mass is 10.2. The molecule has 0 saturated carbocycles. The van der Waals surface area contributed by atoms with E-state index >= 15 is 0 Å². The van der Waals surface area contributed by atoms with E-state index in [2.05, 4.69) is 5.32 Å². The summed E-state index contributed by atoms with van der Waals surface area (Å²) in [5, 5.41) is 3.87. The molecule has 0 radical (unpaired) electrons. The lowest BCUT2D eigenvalue weighted by molar-refractivity contribution is 0.171. The average molecular weight is 344 g/mol. The number of nitrogens with one attached hydrogen (secondary N) is 1. The Bertz CT molecular complexity index is 719. The van der Waals surface area contributed by atoms with Gasteiger partial charge in [0.15, 0.2) is 16.6 Å². The van der Waals surface area contributed by atoms with E-state index in [9.17, 15) is 0 Å². The highest BCUT2D eigenvalue weighted by molar-refractivity contribution is 7.80. The van der Waals surface area contributed by atoms with E-state index in [1.54, 1.807) is 7.11 Å². The van der Waals surface area contributed by atoms with Crippen LogP contribution in [0.5, 0.6) is 17.2 Å². The zero-order valence-corrected chi connectivity index (χ0v) is 14.6. The van der Waals surface area contributed by atoms with Crippen molar-refractivity contribution in [2.75, 3.05) is 32.7 Å². The van der Waals surface area contributed by atoms with Crippen LogP contribution in [0.25, 0.3) is 0 Å². The summed E-state index contributed by atoms with van der Waals surface area (Å²) >= 11 is 5.47. The van der Waals surface area contributed by atoms with Gasteiger partial charge in [0, 0.05) is 19.3 Å². The van der Waals surface area contributed by atoms with Gasteiger partial charge >= 0.3 is 0 Å². The predicted molar refractivity (Wildman–Crippen MR) is 98.1 cm³/mol. The number of benzene rings is 2.